The third-order valence-corrected chi connectivity index (χ3v) is 4.22. The van der Waals surface area contributed by atoms with Crippen molar-refractivity contribution in [1.29, 1.82) is 5.26 Å². The molecule has 1 fully saturated rings. The van der Waals surface area contributed by atoms with Gasteiger partial charge in [0.05, 0.1) is 18.7 Å². The highest BCUT2D eigenvalue weighted by Crippen LogP contribution is 2.41. The molecule has 0 saturated carbocycles. The zero-order chi connectivity index (χ0) is 15.8. The van der Waals surface area contributed by atoms with Crippen molar-refractivity contribution < 1.29 is 9.53 Å². The molecule has 22 heavy (non-hydrogen) atoms. The van der Waals surface area contributed by atoms with E-state index in [-0.39, 0.29) is 11.4 Å². The number of morpholine rings is 1. The van der Waals surface area contributed by atoms with Crippen LogP contribution in [0.4, 0.5) is 5.82 Å². The van der Waals surface area contributed by atoms with Crippen LogP contribution >= 0.6 is 0 Å². The second-order valence-corrected chi connectivity index (χ2v) is 6.48. The quantitative estimate of drug-likeness (QED) is 0.781. The maximum atomic E-state index is 12.3. The van der Waals surface area contributed by atoms with Crippen LogP contribution < -0.4 is 4.90 Å². The number of carbonyl (C=O) groups excluding carboxylic acids is 1. The minimum atomic E-state index is -0.627. The molecule has 6 nitrogen and oxygen atoms in total. The summed E-state index contributed by atoms with van der Waals surface area (Å²) in [7, 11) is 0. The molecule has 0 amide bonds. The Labute approximate surface area is 129 Å². The molecule has 1 unspecified atom stereocenters. The Morgan fingerprint density at radius 3 is 2.95 bits per heavy atom. The fourth-order valence-corrected chi connectivity index (χ4v) is 3.31. The van der Waals surface area contributed by atoms with Crippen molar-refractivity contribution in [2.24, 2.45) is 5.41 Å². The maximum absolute atomic E-state index is 12.3. The molecule has 1 atom stereocenters. The van der Waals surface area contributed by atoms with Crippen molar-refractivity contribution in [3.8, 4) is 6.07 Å². The van der Waals surface area contributed by atoms with Crippen molar-refractivity contribution in [2.45, 2.75) is 25.9 Å². The first kappa shape index (κ1) is 14.7. The number of carbonyl (C=O) groups is 1. The number of nitrogens with zero attached hydrogens (tertiary/aromatic N) is 4. The highest BCUT2D eigenvalue weighted by Gasteiger charge is 2.48. The number of nitriles is 1. The van der Waals surface area contributed by atoms with Crippen molar-refractivity contribution in [2.75, 3.05) is 24.6 Å². The number of ether oxygens (including phenoxy) is 1. The Morgan fingerprint density at radius 1 is 1.45 bits per heavy atom. The molecule has 0 aromatic carbocycles. The molecule has 1 aromatic heterocycles. The number of hydrogen-bond donors (Lipinski definition) is 0. The average Bonchev–Trinajstić information content (AvgIpc) is 2.51. The second-order valence-electron chi connectivity index (χ2n) is 6.48. The molecule has 1 aliphatic carbocycles. The Morgan fingerprint density at radius 2 is 2.27 bits per heavy atom. The molecule has 1 saturated heterocycles. The van der Waals surface area contributed by atoms with E-state index in [0.29, 0.717) is 26.1 Å². The lowest BCUT2D eigenvalue weighted by atomic mass is 9.69. The van der Waals surface area contributed by atoms with E-state index in [1.165, 1.54) is 0 Å². The van der Waals surface area contributed by atoms with E-state index in [0.717, 1.165) is 5.82 Å². The monoisotopic (exact) mass is 298 g/mol. The summed E-state index contributed by atoms with van der Waals surface area (Å²) in [5.74, 6) is 0.674. The van der Waals surface area contributed by atoms with Gasteiger partial charge in [0, 0.05) is 18.2 Å². The van der Waals surface area contributed by atoms with E-state index in [9.17, 15) is 10.1 Å². The average molecular weight is 298 g/mol. The number of rotatable bonds is 1. The Balaban J connectivity index is 1.94. The first-order valence-electron chi connectivity index (χ1n) is 7.30. The van der Waals surface area contributed by atoms with Gasteiger partial charge in [-0.1, -0.05) is 13.8 Å². The van der Waals surface area contributed by atoms with Crippen LogP contribution in [0.3, 0.4) is 0 Å². The van der Waals surface area contributed by atoms with Gasteiger partial charge in [-0.15, -0.1) is 5.10 Å². The SMILES string of the molecule is CC1(C)CC2(C=C(C#N)C1=O)CN(c1cccnn1)CCO2. The second kappa shape index (κ2) is 5.18. The summed E-state index contributed by atoms with van der Waals surface area (Å²) < 4.78 is 6.00. The molecule has 1 aromatic rings. The van der Waals surface area contributed by atoms with Crippen molar-refractivity contribution >= 4 is 11.6 Å². The molecule has 0 bridgehead atoms. The Hall–Kier alpha value is -2.26. The standard InChI is InChI=1S/C16H18N4O2/c1-15(2)10-16(8-12(9-17)14(15)21)11-20(6-7-22-16)13-4-3-5-18-19-13/h3-5,8H,6-7,10-11H2,1-2H3. The zero-order valence-electron chi connectivity index (χ0n) is 12.7. The van der Waals surface area contributed by atoms with E-state index in [4.69, 9.17) is 4.74 Å². The van der Waals surface area contributed by atoms with Crippen LogP contribution in [0.2, 0.25) is 0 Å². The molecule has 1 aliphatic heterocycles. The largest absolute Gasteiger partial charge is 0.367 e. The fraction of sp³-hybridized carbons (Fsp3) is 0.500. The molecule has 0 radical (unpaired) electrons. The predicted molar refractivity (Wildman–Crippen MR) is 80.0 cm³/mol. The summed E-state index contributed by atoms with van der Waals surface area (Å²) >= 11 is 0. The summed E-state index contributed by atoms with van der Waals surface area (Å²) in [6.45, 7) is 5.53. The van der Waals surface area contributed by atoms with E-state index >= 15 is 0 Å². The Kier molecular flexibility index (Phi) is 3.45. The third-order valence-electron chi connectivity index (χ3n) is 4.22. The van der Waals surface area contributed by atoms with Gasteiger partial charge < -0.3 is 9.64 Å². The first-order chi connectivity index (χ1) is 10.5. The lowest BCUT2D eigenvalue weighted by Gasteiger charge is -2.46. The fourth-order valence-electron chi connectivity index (χ4n) is 3.31. The Bertz CT molecular complexity index is 662. The summed E-state index contributed by atoms with van der Waals surface area (Å²) in [4.78, 5) is 14.4. The number of allylic oxidation sites excluding steroid dienone is 1. The molecule has 0 N–H and O–H groups in total. The van der Waals surface area contributed by atoms with Gasteiger partial charge in [-0.25, -0.2) is 0 Å². The lowest BCUT2D eigenvalue weighted by Crippen LogP contribution is -2.56. The van der Waals surface area contributed by atoms with Crippen LogP contribution in [0, 0.1) is 16.7 Å². The van der Waals surface area contributed by atoms with Gasteiger partial charge in [-0.05, 0) is 24.6 Å². The molecule has 3 rings (SSSR count). The van der Waals surface area contributed by atoms with E-state index in [1.807, 2.05) is 32.0 Å². The van der Waals surface area contributed by atoms with Crippen LogP contribution in [0.5, 0.6) is 0 Å². The minimum absolute atomic E-state index is 0.110. The summed E-state index contributed by atoms with van der Waals surface area (Å²) in [6, 6.07) is 5.77. The van der Waals surface area contributed by atoms with Gasteiger partial charge in [-0.2, -0.15) is 10.4 Å². The van der Waals surface area contributed by atoms with Gasteiger partial charge in [0.15, 0.2) is 11.6 Å². The van der Waals surface area contributed by atoms with Crippen molar-refractivity contribution in [1.82, 2.24) is 10.2 Å². The number of ketones is 1. The van der Waals surface area contributed by atoms with Crippen molar-refractivity contribution in [3.63, 3.8) is 0 Å². The van der Waals surface area contributed by atoms with Gasteiger partial charge in [-0.3, -0.25) is 4.79 Å². The number of hydrogen-bond acceptors (Lipinski definition) is 6. The van der Waals surface area contributed by atoms with Gasteiger partial charge in [0.1, 0.15) is 11.7 Å². The summed E-state index contributed by atoms with van der Waals surface area (Å²) in [5.41, 5.74) is -1.04. The number of Topliss-reactive ketones (excluding diaryl/α,β-unsaturated/α-hetero) is 1. The number of aromatic nitrogens is 2. The highest BCUT2D eigenvalue weighted by atomic mass is 16.5. The topological polar surface area (TPSA) is 79.1 Å². The highest BCUT2D eigenvalue weighted by molar-refractivity contribution is 6.04. The van der Waals surface area contributed by atoms with Crippen molar-refractivity contribution in [3.05, 3.63) is 30.0 Å². The first-order valence-corrected chi connectivity index (χ1v) is 7.30. The molecule has 114 valence electrons. The molecule has 2 aliphatic rings. The molecular formula is C16H18N4O2. The van der Waals surface area contributed by atoms with Gasteiger partial charge >= 0.3 is 0 Å². The predicted octanol–water partition coefficient (Wildman–Crippen LogP) is 1.50. The zero-order valence-corrected chi connectivity index (χ0v) is 12.7. The third kappa shape index (κ3) is 2.48. The molecular weight excluding hydrogens is 280 g/mol. The maximum Gasteiger partial charge on any atom is 0.178 e. The smallest absolute Gasteiger partial charge is 0.178 e. The minimum Gasteiger partial charge on any atom is -0.367 e. The lowest BCUT2D eigenvalue weighted by molar-refractivity contribution is -0.130. The normalized spacial score (nSPS) is 27.4. The summed E-state index contributed by atoms with van der Waals surface area (Å²) in [5, 5.41) is 17.3. The van der Waals surface area contributed by atoms with Gasteiger partial charge in [0.25, 0.3) is 0 Å². The van der Waals surface area contributed by atoms with Crippen LogP contribution in [0.25, 0.3) is 0 Å². The number of anilines is 1. The van der Waals surface area contributed by atoms with E-state index < -0.39 is 11.0 Å². The van der Waals surface area contributed by atoms with Crippen LogP contribution in [-0.2, 0) is 9.53 Å². The van der Waals surface area contributed by atoms with Crippen LogP contribution in [-0.4, -0.2) is 41.3 Å². The van der Waals surface area contributed by atoms with Crippen LogP contribution in [0.1, 0.15) is 20.3 Å². The van der Waals surface area contributed by atoms with Gasteiger partial charge in [0.2, 0.25) is 0 Å². The molecule has 2 heterocycles. The van der Waals surface area contributed by atoms with E-state index in [2.05, 4.69) is 15.1 Å². The summed E-state index contributed by atoms with van der Waals surface area (Å²) in [6.07, 6.45) is 3.89. The van der Waals surface area contributed by atoms with Crippen LogP contribution in [0.15, 0.2) is 30.0 Å². The van der Waals surface area contributed by atoms with E-state index in [1.54, 1.807) is 12.3 Å². The molecule has 6 heteroatoms. The molecule has 1 spiro atoms.